The van der Waals surface area contributed by atoms with Crippen LogP contribution in [0.4, 0.5) is 4.79 Å². The van der Waals surface area contributed by atoms with E-state index in [1.54, 1.807) is 30.3 Å². The number of carbonyl (C=O) groups is 2. The van der Waals surface area contributed by atoms with E-state index in [0.717, 1.165) is 6.42 Å². The van der Waals surface area contributed by atoms with Crippen molar-refractivity contribution in [3.05, 3.63) is 30.3 Å². The van der Waals surface area contributed by atoms with Gasteiger partial charge < -0.3 is 5.32 Å². The summed E-state index contributed by atoms with van der Waals surface area (Å²) >= 11 is 0. The monoisotopic (exact) mass is 382 g/mol. The van der Waals surface area contributed by atoms with E-state index in [0.29, 0.717) is 32.5 Å². The molecule has 1 aromatic carbocycles. The van der Waals surface area contributed by atoms with E-state index in [1.165, 1.54) is 0 Å². The van der Waals surface area contributed by atoms with Gasteiger partial charge in [0.2, 0.25) is 15.9 Å². The molecule has 0 unspecified atom stereocenters. The highest BCUT2D eigenvalue weighted by Gasteiger charge is 2.25. The summed E-state index contributed by atoms with van der Waals surface area (Å²) in [5.41, 5.74) is 0. The number of amides is 3. The topological polar surface area (TPSA) is 108 Å². The third-order valence-corrected chi connectivity index (χ3v) is 5.66. The lowest BCUT2D eigenvalue weighted by atomic mass is 10.1. The number of benzene rings is 1. The van der Waals surface area contributed by atoms with Gasteiger partial charge in [-0.2, -0.15) is 0 Å². The van der Waals surface area contributed by atoms with Crippen molar-refractivity contribution in [2.45, 2.75) is 37.1 Å². The van der Waals surface area contributed by atoms with Crippen molar-refractivity contribution >= 4 is 22.0 Å². The van der Waals surface area contributed by atoms with Gasteiger partial charge in [0.15, 0.2) is 0 Å². The summed E-state index contributed by atoms with van der Waals surface area (Å²) in [6, 6.07) is 7.62. The lowest BCUT2D eigenvalue weighted by Crippen LogP contribution is -2.49. The number of imide groups is 1. The number of likely N-dealkylation sites (tertiary alicyclic amines) is 1. The van der Waals surface area contributed by atoms with Crippen molar-refractivity contribution in [2.24, 2.45) is 0 Å². The first-order chi connectivity index (χ1) is 12.4. The molecule has 3 N–H and O–H groups in total. The predicted molar refractivity (Wildman–Crippen MR) is 98.1 cm³/mol. The van der Waals surface area contributed by atoms with E-state index in [2.05, 4.69) is 15.4 Å². The number of nitrogens with zero attached hydrogens (tertiary/aromatic N) is 1. The lowest BCUT2D eigenvalue weighted by molar-refractivity contribution is -0.121. The molecule has 2 rings (SSSR count). The molecule has 144 valence electrons. The molecule has 0 spiro atoms. The maximum absolute atomic E-state index is 12.3. The summed E-state index contributed by atoms with van der Waals surface area (Å²) in [4.78, 5) is 25.5. The Morgan fingerprint density at radius 2 is 1.81 bits per heavy atom. The minimum atomic E-state index is -3.53. The molecule has 0 saturated carbocycles. The number of rotatable bonds is 7. The first-order valence-electron chi connectivity index (χ1n) is 8.78. The molecule has 1 aromatic rings. The number of nitrogens with one attached hydrogen (secondary N) is 3. The second kappa shape index (κ2) is 9.65. The lowest BCUT2D eigenvalue weighted by Gasteiger charge is -2.31. The largest absolute Gasteiger partial charge is 0.338 e. The summed E-state index contributed by atoms with van der Waals surface area (Å²) < 4.78 is 27.4. The van der Waals surface area contributed by atoms with Crippen LogP contribution < -0.4 is 15.4 Å². The Kier molecular flexibility index (Phi) is 7.55. The Morgan fingerprint density at radius 1 is 1.15 bits per heavy atom. The van der Waals surface area contributed by atoms with Crippen LogP contribution in [0.2, 0.25) is 0 Å². The number of hydrogen-bond donors (Lipinski definition) is 3. The fraction of sp³-hybridized carbons (Fsp3) is 0.529. The molecule has 0 aliphatic carbocycles. The number of hydrogen-bond acceptors (Lipinski definition) is 5. The Morgan fingerprint density at radius 3 is 2.42 bits per heavy atom. The average Bonchev–Trinajstić information content (AvgIpc) is 2.62. The quantitative estimate of drug-likeness (QED) is 0.642. The number of sulfonamides is 1. The molecule has 8 nitrogen and oxygen atoms in total. The number of carbonyl (C=O) groups excluding carboxylic acids is 2. The Labute approximate surface area is 154 Å². The summed E-state index contributed by atoms with van der Waals surface area (Å²) in [5, 5.41) is 4.87. The molecule has 1 aliphatic heterocycles. The summed E-state index contributed by atoms with van der Waals surface area (Å²) in [6.45, 7) is 3.75. The van der Waals surface area contributed by atoms with Crippen LogP contribution in [-0.4, -0.2) is 57.5 Å². The van der Waals surface area contributed by atoms with Gasteiger partial charge in [-0.25, -0.2) is 17.9 Å². The molecule has 1 aliphatic rings. The van der Waals surface area contributed by atoms with Gasteiger partial charge >= 0.3 is 6.03 Å². The van der Waals surface area contributed by atoms with Gasteiger partial charge in [0.1, 0.15) is 0 Å². The van der Waals surface area contributed by atoms with Crippen molar-refractivity contribution in [1.82, 2.24) is 20.3 Å². The van der Waals surface area contributed by atoms with Crippen molar-refractivity contribution < 1.29 is 18.0 Å². The summed E-state index contributed by atoms with van der Waals surface area (Å²) in [5.74, 6) is -0.359. The molecule has 0 bridgehead atoms. The second-order valence-electron chi connectivity index (χ2n) is 6.29. The molecule has 3 amide bonds. The van der Waals surface area contributed by atoms with Crippen LogP contribution in [0.15, 0.2) is 35.2 Å². The Hall–Kier alpha value is -1.97. The fourth-order valence-electron chi connectivity index (χ4n) is 2.75. The van der Waals surface area contributed by atoms with Gasteiger partial charge in [0, 0.05) is 25.7 Å². The minimum absolute atomic E-state index is 0.123. The highest BCUT2D eigenvalue weighted by atomic mass is 32.2. The van der Waals surface area contributed by atoms with E-state index < -0.39 is 16.1 Å². The normalized spacial score (nSPS) is 16.2. The third-order valence-electron chi connectivity index (χ3n) is 4.12. The maximum Gasteiger partial charge on any atom is 0.321 e. The zero-order valence-electron chi connectivity index (χ0n) is 14.9. The number of urea groups is 1. The standard InChI is InChI=1S/C17H26N4O4S/c1-2-10-18-17(23)19-16(22)13-21-11-8-14(9-12-21)20-26(24,25)15-6-4-3-5-7-15/h3-7,14,20H,2,8-13H2,1H3,(H2,18,19,22,23). The van der Waals surface area contributed by atoms with Gasteiger partial charge in [0.05, 0.1) is 11.4 Å². The maximum atomic E-state index is 12.3. The van der Waals surface area contributed by atoms with Crippen molar-refractivity contribution in [1.29, 1.82) is 0 Å². The second-order valence-corrected chi connectivity index (χ2v) is 8.00. The van der Waals surface area contributed by atoms with E-state index in [-0.39, 0.29) is 23.4 Å². The first-order valence-corrected chi connectivity index (χ1v) is 10.3. The first kappa shape index (κ1) is 20.3. The van der Waals surface area contributed by atoms with Crippen molar-refractivity contribution in [2.75, 3.05) is 26.2 Å². The molecule has 26 heavy (non-hydrogen) atoms. The van der Waals surface area contributed by atoms with Crippen LogP contribution in [0.1, 0.15) is 26.2 Å². The molecule has 1 fully saturated rings. The van der Waals surface area contributed by atoms with Gasteiger partial charge in [0.25, 0.3) is 0 Å². The summed E-state index contributed by atoms with van der Waals surface area (Å²) in [7, 11) is -3.53. The molecule has 0 atom stereocenters. The highest BCUT2D eigenvalue weighted by molar-refractivity contribution is 7.89. The zero-order chi connectivity index (χ0) is 19.0. The number of piperidine rings is 1. The smallest absolute Gasteiger partial charge is 0.321 e. The van der Waals surface area contributed by atoms with E-state index in [9.17, 15) is 18.0 Å². The SMILES string of the molecule is CCCNC(=O)NC(=O)CN1CCC(NS(=O)(=O)c2ccccc2)CC1. The summed E-state index contributed by atoms with van der Waals surface area (Å²) in [6.07, 6.45) is 2.02. The highest BCUT2D eigenvalue weighted by Crippen LogP contribution is 2.14. The zero-order valence-corrected chi connectivity index (χ0v) is 15.7. The van der Waals surface area contributed by atoms with Crippen molar-refractivity contribution in [3.8, 4) is 0 Å². The molecular formula is C17H26N4O4S. The van der Waals surface area contributed by atoms with Crippen LogP contribution in [0.25, 0.3) is 0 Å². The average molecular weight is 382 g/mol. The molecule has 0 aromatic heterocycles. The Balaban J connectivity index is 1.75. The van der Waals surface area contributed by atoms with Crippen LogP contribution in [0.5, 0.6) is 0 Å². The predicted octanol–water partition coefficient (Wildman–Crippen LogP) is 0.665. The van der Waals surface area contributed by atoms with Crippen LogP contribution >= 0.6 is 0 Å². The molecule has 1 heterocycles. The molecule has 0 radical (unpaired) electrons. The van der Waals surface area contributed by atoms with Crippen LogP contribution in [0, 0.1) is 0 Å². The molecule has 9 heteroatoms. The van der Waals surface area contributed by atoms with E-state index in [1.807, 2.05) is 11.8 Å². The van der Waals surface area contributed by atoms with Crippen LogP contribution in [0.3, 0.4) is 0 Å². The van der Waals surface area contributed by atoms with Gasteiger partial charge in [-0.05, 0) is 31.4 Å². The van der Waals surface area contributed by atoms with Gasteiger partial charge in [-0.3, -0.25) is 15.0 Å². The van der Waals surface area contributed by atoms with Crippen molar-refractivity contribution in [3.63, 3.8) is 0 Å². The fourth-order valence-corrected chi connectivity index (χ4v) is 4.07. The Bertz CT molecular complexity index is 701. The van der Waals surface area contributed by atoms with Gasteiger partial charge in [-0.1, -0.05) is 25.1 Å². The third kappa shape index (κ3) is 6.40. The van der Waals surface area contributed by atoms with Crippen LogP contribution in [-0.2, 0) is 14.8 Å². The minimum Gasteiger partial charge on any atom is -0.338 e. The van der Waals surface area contributed by atoms with Gasteiger partial charge in [-0.15, -0.1) is 0 Å². The molecule has 1 saturated heterocycles. The van der Waals surface area contributed by atoms with E-state index in [4.69, 9.17) is 0 Å². The molecular weight excluding hydrogens is 356 g/mol. The van der Waals surface area contributed by atoms with E-state index >= 15 is 0 Å².